The van der Waals surface area contributed by atoms with E-state index in [9.17, 15) is 0 Å². The molecule has 0 aromatic heterocycles. The zero-order valence-corrected chi connectivity index (χ0v) is 13.2. The molecule has 0 aliphatic rings. The quantitative estimate of drug-likeness (QED) is 0.678. The third kappa shape index (κ3) is 3.59. The largest absolute Gasteiger partial charge is 0.497 e. The topological polar surface area (TPSA) is 9.23 Å². The van der Waals surface area contributed by atoms with Crippen LogP contribution in [0.5, 0.6) is 5.75 Å². The number of methoxy groups -OCH3 is 1. The van der Waals surface area contributed by atoms with Gasteiger partial charge in [-0.3, -0.25) is 0 Å². The van der Waals surface area contributed by atoms with Gasteiger partial charge in [0.1, 0.15) is 5.75 Å². The molecule has 1 unspecified atom stereocenters. The fraction of sp³-hybridized carbons (Fsp3) is 0.200. The van der Waals surface area contributed by atoms with Gasteiger partial charge in [0, 0.05) is 9.30 Å². The Kier molecular flexibility index (Phi) is 4.84. The highest BCUT2D eigenvalue weighted by atomic mass is 79.9. The third-order valence-electron chi connectivity index (χ3n) is 2.78. The minimum absolute atomic E-state index is 0.317. The van der Waals surface area contributed by atoms with Crippen molar-refractivity contribution in [3.63, 3.8) is 0 Å². The summed E-state index contributed by atoms with van der Waals surface area (Å²) in [5, 5.41) is 0. The van der Waals surface area contributed by atoms with Gasteiger partial charge < -0.3 is 4.74 Å². The number of hydrogen-bond donors (Lipinski definition) is 0. The standard InChI is InChI=1S/C15H14Br2O/c1-18-14-4-2-3-11(9-14)10-15(17)12-5-7-13(16)8-6-12/h2-9,15H,10H2,1H3. The molecule has 0 N–H and O–H groups in total. The summed E-state index contributed by atoms with van der Waals surface area (Å²) in [4.78, 5) is 0.317. The summed E-state index contributed by atoms with van der Waals surface area (Å²) in [6, 6.07) is 16.6. The lowest BCUT2D eigenvalue weighted by Crippen LogP contribution is -1.95. The van der Waals surface area contributed by atoms with E-state index in [1.807, 2.05) is 12.1 Å². The molecule has 0 bridgehead atoms. The Morgan fingerprint density at radius 1 is 1.11 bits per heavy atom. The number of ether oxygens (including phenoxy) is 1. The van der Waals surface area contributed by atoms with Gasteiger partial charge in [0.25, 0.3) is 0 Å². The normalized spacial score (nSPS) is 12.2. The van der Waals surface area contributed by atoms with Crippen LogP contribution in [-0.4, -0.2) is 7.11 Å². The number of benzene rings is 2. The van der Waals surface area contributed by atoms with Gasteiger partial charge >= 0.3 is 0 Å². The summed E-state index contributed by atoms with van der Waals surface area (Å²) in [6.45, 7) is 0. The molecule has 0 saturated heterocycles. The lowest BCUT2D eigenvalue weighted by atomic mass is 10.0. The minimum atomic E-state index is 0.317. The van der Waals surface area contributed by atoms with Crippen molar-refractivity contribution in [1.82, 2.24) is 0 Å². The van der Waals surface area contributed by atoms with Gasteiger partial charge in [-0.2, -0.15) is 0 Å². The first-order valence-electron chi connectivity index (χ1n) is 5.71. The lowest BCUT2D eigenvalue weighted by molar-refractivity contribution is 0.414. The molecule has 94 valence electrons. The van der Waals surface area contributed by atoms with Gasteiger partial charge in [0.05, 0.1) is 7.11 Å². The molecule has 2 aromatic rings. The van der Waals surface area contributed by atoms with Crippen LogP contribution in [0.25, 0.3) is 0 Å². The van der Waals surface area contributed by atoms with Crippen LogP contribution in [0.4, 0.5) is 0 Å². The van der Waals surface area contributed by atoms with Crippen molar-refractivity contribution in [3.8, 4) is 5.75 Å². The SMILES string of the molecule is COc1cccc(CC(Br)c2ccc(Br)cc2)c1. The molecule has 1 nitrogen and oxygen atoms in total. The first-order valence-corrected chi connectivity index (χ1v) is 7.42. The molecular weight excluding hydrogens is 356 g/mol. The first kappa shape index (κ1) is 13.6. The highest BCUT2D eigenvalue weighted by molar-refractivity contribution is 9.10. The second kappa shape index (κ2) is 6.39. The number of alkyl halides is 1. The molecular formula is C15H14Br2O. The van der Waals surface area contributed by atoms with E-state index in [1.165, 1.54) is 11.1 Å². The zero-order valence-electron chi connectivity index (χ0n) is 10.1. The molecule has 0 spiro atoms. The summed E-state index contributed by atoms with van der Waals surface area (Å²) < 4.78 is 6.34. The number of halogens is 2. The fourth-order valence-electron chi connectivity index (χ4n) is 1.80. The van der Waals surface area contributed by atoms with E-state index in [0.717, 1.165) is 16.6 Å². The van der Waals surface area contributed by atoms with Gasteiger partial charge in [-0.1, -0.05) is 56.1 Å². The van der Waals surface area contributed by atoms with Crippen LogP contribution in [0.15, 0.2) is 53.0 Å². The van der Waals surface area contributed by atoms with Gasteiger partial charge in [-0.25, -0.2) is 0 Å². The van der Waals surface area contributed by atoms with E-state index >= 15 is 0 Å². The van der Waals surface area contributed by atoms with Crippen molar-refractivity contribution < 1.29 is 4.74 Å². The predicted octanol–water partition coefficient (Wildman–Crippen LogP) is 5.14. The number of rotatable bonds is 4. The molecule has 0 radical (unpaired) electrons. The van der Waals surface area contributed by atoms with Crippen molar-refractivity contribution in [2.24, 2.45) is 0 Å². The maximum Gasteiger partial charge on any atom is 0.119 e. The molecule has 2 rings (SSSR count). The Hall–Kier alpha value is -0.800. The average molecular weight is 370 g/mol. The number of hydrogen-bond acceptors (Lipinski definition) is 1. The van der Waals surface area contributed by atoms with Crippen LogP contribution in [0.3, 0.4) is 0 Å². The summed E-state index contributed by atoms with van der Waals surface area (Å²) in [5.74, 6) is 0.906. The zero-order chi connectivity index (χ0) is 13.0. The van der Waals surface area contributed by atoms with E-state index in [2.05, 4.69) is 68.3 Å². The maximum absolute atomic E-state index is 5.24. The lowest BCUT2D eigenvalue weighted by Gasteiger charge is -2.11. The highest BCUT2D eigenvalue weighted by Crippen LogP contribution is 2.29. The maximum atomic E-state index is 5.24. The van der Waals surface area contributed by atoms with Crippen molar-refractivity contribution in [2.75, 3.05) is 7.11 Å². The second-order valence-corrected chi connectivity index (χ2v) is 6.10. The molecule has 2 aromatic carbocycles. The summed E-state index contributed by atoms with van der Waals surface area (Å²) in [7, 11) is 1.69. The van der Waals surface area contributed by atoms with Crippen LogP contribution in [0.2, 0.25) is 0 Å². The molecule has 0 fully saturated rings. The molecule has 3 heteroatoms. The van der Waals surface area contributed by atoms with Crippen LogP contribution in [0.1, 0.15) is 16.0 Å². The monoisotopic (exact) mass is 368 g/mol. The van der Waals surface area contributed by atoms with Gasteiger partial charge in [0.2, 0.25) is 0 Å². The Balaban J connectivity index is 2.10. The van der Waals surface area contributed by atoms with E-state index in [1.54, 1.807) is 7.11 Å². The fourth-order valence-corrected chi connectivity index (χ4v) is 2.74. The molecule has 18 heavy (non-hydrogen) atoms. The Bertz CT molecular complexity index is 508. The van der Waals surface area contributed by atoms with Crippen LogP contribution in [0, 0.1) is 0 Å². The summed E-state index contributed by atoms with van der Waals surface area (Å²) >= 11 is 7.19. The molecule has 0 amide bonds. The predicted molar refractivity (Wildman–Crippen MR) is 82.5 cm³/mol. The first-order chi connectivity index (χ1) is 8.69. The van der Waals surface area contributed by atoms with E-state index < -0.39 is 0 Å². The van der Waals surface area contributed by atoms with Gasteiger partial charge in [-0.15, -0.1) is 0 Å². The molecule has 0 aliphatic heterocycles. The average Bonchev–Trinajstić information content (AvgIpc) is 2.39. The van der Waals surface area contributed by atoms with E-state index in [0.29, 0.717) is 4.83 Å². The molecule has 0 heterocycles. The van der Waals surface area contributed by atoms with Gasteiger partial charge in [0.15, 0.2) is 0 Å². The Labute approximate surface area is 124 Å². The van der Waals surface area contributed by atoms with E-state index in [4.69, 9.17) is 4.74 Å². The van der Waals surface area contributed by atoms with Crippen molar-refractivity contribution in [2.45, 2.75) is 11.2 Å². The Morgan fingerprint density at radius 2 is 1.83 bits per heavy atom. The molecule has 1 atom stereocenters. The second-order valence-electron chi connectivity index (χ2n) is 4.07. The van der Waals surface area contributed by atoms with Crippen LogP contribution in [-0.2, 0) is 6.42 Å². The summed E-state index contributed by atoms with van der Waals surface area (Å²) in [5.41, 5.74) is 2.54. The van der Waals surface area contributed by atoms with Crippen LogP contribution >= 0.6 is 31.9 Å². The van der Waals surface area contributed by atoms with Crippen molar-refractivity contribution >= 4 is 31.9 Å². The van der Waals surface area contributed by atoms with Gasteiger partial charge in [-0.05, 0) is 41.8 Å². The van der Waals surface area contributed by atoms with Crippen molar-refractivity contribution in [3.05, 3.63) is 64.1 Å². The van der Waals surface area contributed by atoms with Crippen LogP contribution < -0.4 is 4.74 Å². The summed E-state index contributed by atoms with van der Waals surface area (Å²) in [6.07, 6.45) is 0.943. The minimum Gasteiger partial charge on any atom is -0.497 e. The van der Waals surface area contributed by atoms with E-state index in [-0.39, 0.29) is 0 Å². The highest BCUT2D eigenvalue weighted by Gasteiger charge is 2.08. The van der Waals surface area contributed by atoms with Crippen molar-refractivity contribution in [1.29, 1.82) is 0 Å². The Morgan fingerprint density at radius 3 is 2.50 bits per heavy atom. The molecule has 0 aliphatic carbocycles. The smallest absolute Gasteiger partial charge is 0.119 e. The third-order valence-corrected chi connectivity index (χ3v) is 4.16. The molecule has 0 saturated carbocycles.